The van der Waals surface area contributed by atoms with Gasteiger partial charge in [-0.2, -0.15) is 0 Å². The maximum Gasteiger partial charge on any atom is 0.334 e. The molecule has 0 radical (unpaired) electrons. The largest absolute Gasteiger partial charge is 0.455 e. The minimum absolute atomic E-state index is 0.0259. The van der Waals surface area contributed by atoms with Crippen molar-refractivity contribution in [2.75, 3.05) is 0 Å². The number of hydrogen-bond acceptors (Lipinski definition) is 8. The number of ether oxygens (including phenoxy) is 2. The minimum atomic E-state index is -2.33. The zero-order valence-electron chi connectivity index (χ0n) is 16.8. The molecule has 0 amide bonds. The molecule has 1 saturated carbocycles. The molecule has 158 valence electrons. The molecule has 28 heavy (non-hydrogen) atoms. The summed E-state index contributed by atoms with van der Waals surface area (Å²) in [6, 6.07) is 0. The van der Waals surface area contributed by atoms with Crippen molar-refractivity contribution in [1.82, 2.24) is 0 Å². The van der Waals surface area contributed by atoms with E-state index in [0.29, 0.717) is 6.42 Å². The highest BCUT2D eigenvalue weighted by molar-refractivity contribution is 5.92. The Bertz CT molecular complexity index is 657. The van der Waals surface area contributed by atoms with Crippen molar-refractivity contribution < 1.29 is 39.2 Å². The van der Waals surface area contributed by atoms with E-state index in [-0.39, 0.29) is 12.0 Å². The van der Waals surface area contributed by atoms with Crippen LogP contribution in [0.3, 0.4) is 0 Å². The summed E-state index contributed by atoms with van der Waals surface area (Å²) in [6.45, 7) is 9.99. The number of hydrogen-bond donors (Lipinski definition) is 3. The van der Waals surface area contributed by atoms with Gasteiger partial charge in [0.2, 0.25) is 0 Å². The Kier molecular flexibility index (Phi) is 6.68. The molecule has 0 spiro atoms. The number of aliphatic hydroxyl groups is 3. The van der Waals surface area contributed by atoms with Crippen molar-refractivity contribution in [3.8, 4) is 0 Å². The van der Waals surface area contributed by atoms with Gasteiger partial charge in [-0.1, -0.05) is 27.4 Å². The van der Waals surface area contributed by atoms with E-state index in [1.165, 1.54) is 13.8 Å². The van der Waals surface area contributed by atoms with E-state index in [9.17, 15) is 29.7 Å². The second-order valence-electron chi connectivity index (χ2n) is 8.06. The van der Waals surface area contributed by atoms with Crippen LogP contribution in [0.5, 0.6) is 0 Å². The van der Waals surface area contributed by atoms with Crippen LogP contribution in [0, 0.1) is 17.8 Å². The number of ketones is 1. The van der Waals surface area contributed by atoms with Crippen molar-refractivity contribution >= 4 is 17.7 Å². The topological polar surface area (TPSA) is 130 Å². The Morgan fingerprint density at radius 2 is 2.00 bits per heavy atom. The van der Waals surface area contributed by atoms with Crippen LogP contribution < -0.4 is 0 Å². The molecule has 3 N–H and O–H groups in total. The fourth-order valence-corrected chi connectivity index (χ4v) is 3.86. The lowest BCUT2D eigenvalue weighted by atomic mass is 9.75. The van der Waals surface area contributed by atoms with Crippen LogP contribution in [-0.2, 0) is 23.9 Å². The third kappa shape index (κ3) is 3.86. The van der Waals surface area contributed by atoms with Crippen LogP contribution in [0.4, 0.5) is 0 Å². The monoisotopic (exact) mass is 398 g/mol. The van der Waals surface area contributed by atoms with Gasteiger partial charge >= 0.3 is 11.9 Å². The maximum absolute atomic E-state index is 12.9. The van der Waals surface area contributed by atoms with E-state index in [1.807, 2.05) is 0 Å². The fourth-order valence-electron chi connectivity index (χ4n) is 3.86. The molecule has 0 bridgehead atoms. The third-order valence-electron chi connectivity index (χ3n) is 6.03. The molecule has 1 saturated heterocycles. The molecule has 8 heteroatoms. The number of carbonyl (C=O) groups excluding carboxylic acids is 3. The summed E-state index contributed by atoms with van der Waals surface area (Å²) in [4.78, 5) is 37.5. The van der Waals surface area contributed by atoms with Crippen molar-refractivity contribution in [3.63, 3.8) is 0 Å². The van der Waals surface area contributed by atoms with Gasteiger partial charge in [-0.15, -0.1) is 0 Å². The number of rotatable bonds is 6. The molecule has 0 aromatic heterocycles. The number of fused-ring (bicyclic) bond motifs is 1. The predicted molar refractivity (Wildman–Crippen MR) is 97.9 cm³/mol. The Morgan fingerprint density at radius 1 is 1.39 bits per heavy atom. The van der Waals surface area contributed by atoms with Crippen LogP contribution in [0.15, 0.2) is 12.2 Å². The quantitative estimate of drug-likeness (QED) is 0.436. The second kappa shape index (κ2) is 8.31. The summed E-state index contributed by atoms with van der Waals surface area (Å²) in [6.07, 6.45) is -4.78. The van der Waals surface area contributed by atoms with E-state index in [1.54, 1.807) is 13.8 Å². The molecule has 1 aliphatic heterocycles. The highest BCUT2D eigenvalue weighted by Gasteiger charge is 2.62. The van der Waals surface area contributed by atoms with Crippen LogP contribution in [-0.4, -0.2) is 63.1 Å². The first-order valence-corrected chi connectivity index (χ1v) is 9.67. The van der Waals surface area contributed by atoms with E-state index >= 15 is 0 Å². The molecule has 0 aromatic carbocycles. The molecule has 2 rings (SSSR count). The highest BCUT2D eigenvalue weighted by atomic mass is 16.6. The molecule has 2 aliphatic rings. The van der Waals surface area contributed by atoms with Gasteiger partial charge < -0.3 is 24.8 Å². The summed E-state index contributed by atoms with van der Waals surface area (Å²) >= 11 is 0. The van der Waals surface area contributed by atoms with Gasteiger partial charge in [0.25, 0.3) is 0 Å². The van der Waals surface area contributed by atoms with Gasteiger partial charge in [0, 0.05) is 23.8 Å². The van der Waals surface area contributed by atoms with Gasteiger partial charge in [-0.05, 0) is 19.8 Å². The average molecular weight is 398 g/mol. The molecule has 0 aromatic rings. The van der Waals surface area contributed by atoms with Gasteiger partial charge in [-0.25, -0.2) is 4.79 Å². The Balaban J connectivity index is 2.55. The SMILES string of the molecule is C=C1C(=O)O[C@@H]2[C@H]1C[C@@H](O)[C@H](C)[C@@](O)(C(=O)C[C@@H](C)O)[C@H]2OC(=O)[C@H](C)CC. The Labute approximate surface area is 164 Å². The summed E-state index contributed by atoms with van der Waals surface area (Å²) < 4.78 is 10.9. The summed E-state index contributed by atoms with van der Waals surface area (Å²) in [7, 11) is 0. The lowest BCUT2D eigenvalue weighted by Crippen LogP contribution is -2.61. The standard InChI is InChI=1S/C20H30O8/c1-6-9(2)18(24)28-17-16-13(11(4)19(25)27-16)8-14(22)12(5)20(17,26)15(23)7-10(3)21/h9-10,12-14,16-17,21-22,26H,4,6-8H2,1-3,5H3/t9-,10-,12+,13+,14-,16-,17+,20-/m1/s1. The minimum Gasteiger partial charge on any atom is -0.455 e. The van der Waals surface area contributed by atoms with Gasteiger partial charge in [0.15, 0.2) is 17.5 Å². The lowest BCUT2D eigenvalue weighted by Gasteiger charge is -2.40. The van der Waals surface area contributed by atoms with Crippen LogP contribution in [0.1, 0.15) is 47.0 Å². The summed E-state index contributed by atoms with van der Waals surface area (Å²) in [5.74, 6) is -4.37. The van der Waals surface area contributed by atoms with Crippen molar-refractivity contribution in [3.05, 3.63) is 12.2 Å². The van der Waals surface area contributed by atoms with Gasteiger partial charge in [0.05, 0.1) is 18.1 Å². The molecular weight excluding hydrogens is 368 g/mol. The van der Waals surface area contributed by atoms with E-state index in [0.717, 1.165) is 0 Å². The first-order valence-electron chi connectivity index (χ1n) is 9.67. The van der Waals surface area contributed by atoms with Crippen LogP contribution in [0.25, 0.3) is 0 Å². The Morgan fingerprint density at radius 3 is 2.54 bits per heavy atom. The number of carbonyl (C=O) groups is 3. The molecular formula is C20H30O8. The molecule has 1 heterocycles. The fraction of sp³-hybridized carbons (Fsp3) is 0.750. The predicted octanol–water partition coefficient (Wildman–Crippen LogP) is 0.514. The molecule has 8 nitrogen and oxygen atoms in total. The van der Waals surface area contributed by atoms with Crippen LogP contribution >= 0.6 is 0 Å². The van der Waals surface area contributed by atoms with Crippen molar-refractivity contribution in [1.29, 1.82) is 0 Å². The zero-order chi connectivity index (χ0) is 21.4. The lowest BCUT2D eigenvalue weighted by molar-refractivity contribution is -0.202. The van der Waals surface area contributed by atoms with E-state index in [2.05, 4.69) is 6.58 Å². The van der Waals surface area contributed by atoms with Crippen molar-refractivity contribution in [2.24, 2.45) is 17.8 Å². The third-order valence-corrected chi connectivity index (χ3v) is 6.03. The summed E-state index contributed by atoms with van der Waals surface area (Å²) in [5, 5.41) is 31.7. The first-order chi connectivity index (χ1) is 12.9. The maximum atomic E-state index is 12.9. The van der Waals surface area contributed by atoms with E-state index in [4.69, 9.17) is 9.47 Å². The van der Waals surface area contributed by atoms with Gasteiger partial charge in [-0.3, -0.25) is 9.59 Å². The number of Topliss-reactive ketones (excluding diaryl/α,β-unsaturated/α-hetero) is 1. The van der Waals surface area contributed by atoms with Gasteiger partial charge in [0.1, 0.15) is 6.10 Å². The Hall–Kier alpha value is -1.77. The van der Waals surface area contributed by atoms with Crippen molar-refractivity contribution in [2.45, 2.75) is 77.0 Å². The zero-order valence-corrected chi connectivity index (χ0v) is 16.8. The average Bonchev–Trinajstić information content (AvgIpc) is 2.87. The number of esters is 2. The molecule has 8 atom stereocenters. The molecule has 0 unspecified atom stereocenters. The van der Waals surface area contributed by atoms with Crippen LogP contribution in [0.2, 0.25) is 0 Å². The molecule has 2 fully saturated rings. The summed E-state index contributed by atoms with van der Waals surface area (Å²) in [5.41, 5.74) is -2.22. The normalized spacial score (nSPS) is 37.5. The second-order valence-corrected chi connectivity index (χ2v) is 8.06. The highest BCUT2D eigenvalue weighted by Crippen LogP contribution is 2.45. The first kappa shape index (κ1) is 22.5. The van der Waals surface area contributed by atoms with E-state index < -0.39 is 71.9 Å². The smallest absolute Gasteiger partial charge is 0.334 e. The number of aliphatic hydroxyl groups excluding tert-OH is 2. The molecule has 1 aliphatic carbocycles.